The summed E-state index contributed by atoms with van der Waals surface area (Å²) in [6.07, 6.45) is 7.86. The molecule has 0 spiro atoms. The molecule has 0 saturated heterocycles. The summed E-state index contributed by atoms with van der Waals surface area (Å²) in [4.78, 5) is 0. The molecule has 0 saturated carbocycles. The van der Waals surface area contributed by atoms with Crippen LogP contribution >= 0.6 is 0 Å². The molecule has 1 heteroatoms. The number of aliphatic hydroxyl groups is 1. The van der Waals surface area contributed by atoms with Crippen LogP contribution < -0.4 is 0 Å². The molecule has 0 heterocycles. The monoisotopic (exact) mass is 166 g/mol. The van der Waals surface area contributed by atoms with Gasteiger partial charge in [0.05, 0.1) is 5.60 Å². The Morgan fingerprint density at radius 1 is 1.25 bits per heavy atom. The molecule has 0 aromatic heterocycles. The van der Waals surface area contributed by atoms with E-state index in [2.05, 4.69) is 26.8 Å². The number of hydrogen-bond acceptors (Lipinski definition) is 1. The Morgan fingerprint density at radius 3 is 2.17 bits per heavy atom. The van der Waals surface area contributed by atoms with Gasteiger partial charge in [0.1, 0.15) is 0 Å². The zero-order valence-electron chi connectivity index (χ0n) is 8.33. The summed E-state index contributed by atoms with van der Waals surface area (Å²) in [6, 6.07) is 0. The molecule has 1 aliphatic rings. The highest BCUT2D eigenvalue weighted by Gasteiger charge is 2.37. The van der Waals surface area contributed by atoms with Crippen LogP contribution in [0.5, 0.6) is 0 Å². The average Bonchev–Trinajstić information content (AvgIpc) is 1.83. The van der Waals surface area contributed by atoms with E-state index in [1.54, 1.807) is 0 Å². The fourth-order valence-corrected chi connectivity index (χ4v) is 1.89. The van der Waals surface area contributed by atoms with E-state index in [0.717, 1.165) is 0 Å². The topological polar surface area (TPSA) is 20.2 Å². The van der Waals surface area contributed by atoms with Crippen molar-refractivity contribution >= 4 is 0 Å². The molecule has 0 aromatic rings. The lowest BCUT2D eigenvalue weighted by Crippen LogP contribution is -2.40. The van der Waals surface area contributed by atoms with E-state index in [0.29, 0.717) is 0 Å². The van der Waals surface area contributed by atoms with Crippen LogP contribution in [0, 0.1) is 11.3 Å². The van der Waals surface area contributed by atoms with Crippen molar-refractivity contribution in [2.45, 2.75) is 33.3 Å². The van der Waals surface area contributed by atoms with Crippen molar-refractivity contribution in [1.29, 1.82) is 0 Å². The van der Waals surface area contributed by atoms with Crippen LogP contribution in [-0.4, -0.2) is 10.7 Å². The minimum atomic E-state index is -0.688. The van der Waals surface area contributed by atoms with Crippen molar-refractivity contribution in [3.63, 3.8) is 0 Å². The van der Waals surface area contributed by atoms with Crippen LogP contribution in [0.25, 0.3) is 0 Å². The van der Waals surface area contributed by atoms with Gasteiger partial charge in [0.15, 0.2) is 0 Å². The predicted molar refractivity (Wildman–Crippen MR) is 51.8 cm³/mol. The molecular formula is C11H18O. The van der Waals surface area contributed by atoms with Gasteiger partial charge in [-0.05, 0) is 12.3 Å². The van der Waals surface area contributed by atoms with Crippen molar-refractivity contribution in [1.82, 2.24) is 0 Å². The second-order valence-corrected chi connectivity index (χ2v) is 4.81. The first-order chi connectivity index (χ1) is 5.34. The maximum Gasteiger partial charge on any atom is 0.0870 e. The fourth-order valence-electron chi connectivity index (χ4n) is 1.89. The van der Waals surface area contributed by atoms with Crippen molar-refractivity contribution < 1.29 is 5.11 Å². The van der Waals surface area contributed by atoms with E-state index in [4.69, 9.17) is 0 Å². The number of rotatable bonds is 0. The van der Waals surface area contributed by atoms with Gasteiger partial charge in [-0.25, -0.2) is 0 Å². The van der Waals surface area contributed by atoms with Crippen LogP contribution in [0.1, 0.15) is 27.7 Å². The van der Waals surface area contributed by atoms with E-state index in [9.17, 15) is 5.11 Å². The van der Waals surface area contributed by atoms with Crippen LogP contribution in [0.15, 0.2) is 24.3 Å². The third-order valence-corrected chi connectivity index (χ3v) is 2.41. The van der Waals surface area contributed by atoms with Crippen molar-refractivity contribution in [2.24, 2.45) is 11.3 Å². The van der Waals surface area contributed by atoms with Gasteiger partial charge in [-0.2, -0.15) is 0 Å². The van der Waals surface area contributed by atoms with Crippen molar-refractivity contribution in [2.75, 3.05) is 0 Å². The van der Waals surface area contributed by atoms with Gasteiger partial charge < -0.3 is 5.11 Å². The van der Waals surface area contributed by atoms with Crippen LogP contribution in [0.4, 0.5) is 0 Å². The quantitative estimate of drug-likeness (QED) is 0.586. The largest absolute Gasteiger partial charge is 0.385 e. The van der Waals surface area contributed by atoms with Gasteiger partial charge in [0.2, 0.25) is 0 Å². The first-order valence-corrected chi connectivity index (χ1v) is 4.42. The first kappa shape index (κ1) is 9.53. The predicted octanol–water partition coefficient (Wildman–Crippen LogP) is 2.53. The molecule has 2 atom stereocenters. The van der Waals surface area contributed by atoms with Crippen molar-refractivity contribution in [3.8, 4) is 0 Å². The Morgan fingerprint density at radius 2 is 1.83 bits per heavy atom. The molecule has 0 amide bonds. The minimum Gasteiger partial charge on any atom is -0.385 e. The molecule has 0 aliphatic heterocycles. The Bertz CT molecular complexity index is 216. The van der Waals surface area contributed by atoms with E-state index in [1.807, 2.05) is 25.2 Å². The molecule has 1 N–H and O–H groups in total. The van der Waals surface area contributed by atoms with Gasteiger partial charge in [0, 0.05) is 5.92 Å². The minimum absolute atomic E-state index is 0.116. The summed E-state index contributed by atoms with van der Waals surface area (Å²) in [5.74, 6) is 0.204. The molecule has 0 fully saturated rings. The van der Waals surface area contributed by atoms with Crippen LogP contribution in [0.2, 0.25) is 0 Å². The molecule has 1 nitrogen and oxygen atoms in total. The zero-order valence-corrected chi connectivity index (χ0v) is 8.33. The summed E-state index contributed by atoms with van der Waals surface area (Å²) in [5.41, 5.74) is -0.572. The summed E-state index contributed by atoms with van der Waals surface area (Å²) < 4.78 is 0. The standard InChI is InChI=1S/C11H18O/c1-10(2,3)9-7-5-6-8-11(9,4)12/h5-9,12H,1-4H3. The Kier molecular flexibility index (Phi) is 2.17. The molecule has 0 radical (unpaired) electrons. The third-order valence-electron chi connectivity index (χ3n) is 2.41. The van der Waals surface area contributed by atoms with E-state index < -0.39 is 5.60 Å². The van der Waals surface area contributed by atoms with Gasteiger partial charge in [0.25, 0.3) is 0 Å². The molecule has 1 aliphatic carbocycles. The fraction of sp³-hybridized carbons (Fsp3) is 0.636. The lowest BCUT2D eigenvalue weighted by molar-refractivity contribution is 0.0164. The van der Waals surface area contributed by atoms with Gasteiger partial charge in [-0.1, -0.05) is 45.1 Å². The summed E-state index contributed by atoms with van der Waals surface area (Å²) >= 11 is 0. The molecular weight excluding hydrogens is 148 g/mol. The number of hydrogen-bond donors (Lipinski definition) is 1. The van der Waals surface area contributed by atoms with Crippen LogP contribution in [-0.2, 0) is 0 Å². The molecule has 68 valence electrons. The Labute approximate surface area is 74.8 Å². The molecule has 1 rings (SSSR count). The van der Waals surface area contributed by atoms with Gasteiger partial charge in [-0.3, -0.25) is 0 Å². The van der Waals surface area contributed by atoms with Crippen LogP contribution in [0.3, 0.4) is 0 Å². The van der Waals surface area contributed by atoms with Crippen molar-refractivity contribution in [3.05, 3.63) is 24.3 Å². The lowest BCUT2D eigenvalue weighted by Gasteiger charge is -2.39. The molecule has 0 aromatic carbocycles. The smallest absolute Gasteiger partial charge is 0.0870 e. The van der Waals surface area contributed by atoms with E-state index in [-0.39, 0.29) is 11.3 Å². The zero-order chi connectivity index (χ0) is 9.41. The molecule has 12 heavy (non-hydrogen) atoms. The average molecular weight is 166 g/mol. The lowest BCUT2D eigenvalue weighted by atomic mass is 9.69. The van der Waals surface area contributed by atoms with Gasteiger partial charge in [-0.15, -0.1) is 0 Å². The highest BCUT2D eigenvalue weighted by molar-refractivity contribution is 5.22. The summed E-state index contributed by atoms with van der Waals surface area (Å²) in [6.45, 7) is 8.31. The second-order valence-electron chi connectivity index (χ2n) is 4.81. The highest BCUT2D eigenvalue weighted by atomic mass is 16.3. The molecule has 0 bridgehead atoms. The van der Waals surface area contributed by atoms with E-state index >= 15 is 0 Å². The third kappa shape index (κ3) is 1.78. The summed E-state index contributed by atoms with van der Waals surface area (Å²) in [5, 5.41) is 10.0. The second kappa shape index (κ2) is 2.74. The Hall–Kier alpha value is -0.560. The SMILES string of the molecule is CC(C)(C)C1C=CC=CC1(C)O. The normalized spacial score (nSPS) is 35.6. The first-order valence-electron chi connectivity index (χ1n) is 4.42. The van der Waals surface area contributed by atoms with Gasteiger partial charge >= 0.3 is 0 Å². The molecule has 2 unspecified atom stereocenters. The number of allylic oxidation sites excluding steroid dienone is 2. The summed E-state index contributed by atoms with van der Waals surface area (Å²) in [7, 11) is 0. The van der Waals surface area contributed by atoms with E-state index in [1.165, 1.54) is 0 Å². The Balaban J connectivity index is 2.92. The maximum absolute atomic E-state index is 10.0. The maximum atomic E-state index is 10.0. The highest BCUT2D eigenvalue weighted by Crippen LogP contribution is 2.38.